The Morgan fingerprint density at radius 3 is 2.61 bits per heavy atom. The molecule has 0 heterocycles. The number of aryl methyl sites for hydroxylation is 1. The van der Waals surface area contributed by atoms with Crippen LogP contribution in [0.15, 0.2) is 23.1 Å². The molecule has 1 aromatic rings. The minimum absolute atomic E-state index is 0.0279. The molecular formula is C11H15N3O3S. The summed E-state index contributed by atoms with van der Waals surface area (Å²) in [6.45, 7) is 1.71. The average Bonchev–Trinajstić information content (AvgIpc) is 3.04. The van der Waals surface area contributed by atoms with Crippen molar-refractivity contribution in [2.24, 2.45) is 0 Å². The van der Waals surface area contributed by atoms with Crippen LogP contribution in [-0.4, -0.2) is 20.5 Å². The van der Waals surface area contributed by atoms with Crippen molar-refractivity contribution in [3.63, 3.8) is 0 Å². The number of carbonyl (C=O) groups excluding carboxylic acids is 1. The molecule has 2 amide bonds. The summed E-state index contributed by atoms with van der Waals surface area (Å²) in [5.74, 6) is 0. The van der Waals surface area contributed by atoms with Crippen molar-refractivity contribution in [1.29, 1.82) is 0 Å². The maximum absolute atomic E-state index is 11.9. The van der Waals surface area contributed by atoms with Gasteiger partial charge in [-0.3, -0.25) is 0 Å². The van der Waals surface area contributed by atoms with Gasteiger partial charge in [0.2, 0.25) is 0 Å². The second kappa shape index (κ2) is 4.49. The highest BCUT2D eigenvalue weighted by Gasteiger charge is 2.25. The van der Waals surface area contributed by atoms with E-state index in [4.69, 9.17) is 5.73 Å². The smallest absolute Gasteiger partial charge is 0.328 e. The number of hydrogen-bond acceptors (Lipinski definition) is 4. The van der Waals surface area contributed by atoms with Gasteiger partial charge < -0.3 is 11.1 Å². The van der Waals surface area contributed by atoms with E-state index >= 15 is 0 Å². The molecule has 6 nitrogen and oxygen atoms in total. The van der Waals surface area contributed by atoms with Gasteiger partial charge >= 0.3 is 6.03 Å². The lowest BCUT2D eigenvalue weighted by Gasteiger charge is -2.09. The van der Waals surface area contributed by atoms with Gasteiger partial charge in [-0.25, -0.2) is 17.9 Å². The number of rotatable bonds is 3. The predicted molar refractivity (Wildman–Crippen MR) is 67.5 cm³/mol. The van der Waals surface area contributed by atoms with E-state index in [-0.39, 0.29) is 10.9 Å². The molecule has 2 rings (SSSR count). The van der Waals surface area contributed by atoms with Crippen LogP contribution in [0.3, 0.4) is 0 Å². The lowest BCUT2D eigenvalue weighted by atomic mass is 10.2. The van der Waals surface area contributed by atoms with E-state index in [0.717, 1.165) is 12.8 Å². The molecule has 1 saturated carbocycles. The first kappa shape index (κ1) is 12.7. The zero-order chi connectivity index (χ0) is 13.3. The normalized spacial score (nSPS) is 15.2. The molecule has 0 bridgehead atoms. The SMILES string of the molecule is Cc1cc(S(=O)(=O)NC(=O)NC2CC2)ccc1N. The number of nitrogens with two attached hydrogens (primary N) is 1. The molecule has 0 unspecified atom stereocenters. The van der Waals surface area contributed by atoms with E-state index in [2.05, 4.69) is 5.32 Å². The lowest BCUT2D eigenvalue weighted by Crippen LogP contribution is -2.40. The highest BCUT2D eigenvalue weighted by Crippen LogP contribution is 2.19. The number of sulfonamides is 1. The fourth-order valence-corrected chi connectivity index (χ4v) is 2.44. The summed E-state index contributed by atoms with van der Waals surface area (Å²) in [6, 6.07) is 3.72. The minimum atomic E-state index is -3.83. The molecule has 0 atom stereocenters. The number of nitrogen functional groups attached to an aromatic ring is 1. The number of hydrogen-bond donors (Lipinski definition) is 3. The first-order valence-corrected chi connectivity index (χ1v) is 7.06. The Kier molecular flexibility index (Phi) is 3.16. The molecule has 4 N–H and O–H groups in total. The summed E-state index contributed by atoms with van der Waals surface area (Å²) < 4.78 is 25.8. The second-order valence-corrected chi connectivity index (χ2v) is 6.05. The topological polar surface area (TPSA) is 101 Å². The average molecular weight is 269 g/mol. The molecule has 1 aromatic carbocycles. The molecule has 0 spiro atoms. The molecule has 1 aliphatic carbocycles. The summed E-state index contributed by atoms with van der Waals surface area (Å²) in [5.41, 5.74) is 6.78. The summed E-state index contributed by atoms with van der Waals surface area (Å²) >= 11 is 0. The van der Waals surface area contributed by atoms with Crippen molar-refractivity contribution in [2.45, 2.75) is 30.7 Å². The van der Waals surface area contributed by atoms with Crippen LogP contribution in [-0.2, 0) is 10.0 Å². The van der Waals surface area contributed by atoms with Crippen molar-refractivity contribution < 1.29 is 13.2 Å². The van der Waals surface area contributed by atoms with Crippen molar-refractivity contribution in [2.75, 3.05) is 5.73 Å². The Morgan fingerprint density at radius 2 is 2.06 bits per heavy atom. The zero-order valence-corrected chi connectivity index (χ0v) is 10.8. The molecule has 18 heavy (non-hydrogen) atoms. The van der Waals surface area contributed by atoms with Gasteiger partial charge in [0.15, 0.2) is 0 Å². The quantitative estimate of drug-likeness (QED) is 0.704. The Bertz CT molecular complexity index is 579. The summed E-state index contributed by atoms with van der Waals surface area (Å²) in [4.78, 5) is 11.4. The Morgan fingerprint density at radius 1 is 1.39 bits per heavy atom. The molecule has 0 aromatic heterocycles. The zero-order valence-electron chi connectivity index (χ0n) is 9.93. The molecule has 0 aliphatic heterocycles. The lowest BCUT2D eigenvalue weighted by molar-refractivity contribution is 0.245. The van der Waals surface area contributed by atoms with E-state index in [1.165, 1.54) is 18.2 Å². The van der Waals surface area contributed by atoms with Crippen LogP contribution in [0.2, 0.25) is 0 Å². The first-order chi connectivity index (χ1) is 8.38. The van der Waals surface area contributed by atoms with Crippen LogP contribution < -0.4 is 15.8 Å². The van der Waals surface area contributed by atoms with Crippen molar-refractivity contribution in [3.8, 4) is 0 Å². The number of urea groups is 1. The highest BCUT2D eigenvalue weighted by molar-refractivity contribution is 7.90. The number of benzene rings is 1. The van der Waals surface area contributed by atoms with E-state index in [1.807, 2.05) is 4.72 Å². The van der Waals surface area contributed by atoms with Crippen molar-refractivity contribution in [1.82, 2.24) is 10.0 Å². The summed E-state index contributed by atoms with van der Waals surface area (Å²) in [5, 5.41) is 2.55. The fraction of sp³-hybridized carbons (Fsp3) is 0.364. The van der Waals surface area contributed by atoms with Crippen LogP contribution in [0.5, 0.6) is 0 Å². The number of carbonyl (C=O) groups is 1. The van der Waals surface area contributed by atoms with Crippen molar-refractivity contribution >= 4 is 21.7 Å². The number of anilines is 1. The molecule has 1 aliphatic rings. The summed E-state index contributed by atoms with van der Waals surface area (Å²) in [6.07, 6.45) is 1.79. The largest absolute Gasteiger partial charge is 0.399 e. The van der Waals surface area contributed by atoms with Crippen LogP contribution in [0.4, 0.5) is 10.5 Å². The molecule has 0 saturated heterocycles. The van der Waals surface area contributed by atoms with Crippen LogP contribution in [0, 0.1) is 6.92 Å². The van der Waals surface area contributed by atoms with Gasteiger partial charge in [0.25, 0.3) is 10.0 Å². The Hall–Kier alpha value is -1.76. The molecular weight excluding hydrogens is 254 g/mol. The van der Waals surface area contributed by atoms with Crippen LogP contribution in [0.1, 0.15) is 18.4 Å². The monoisotopic (exact) mass is 269 g/mol. The maximum atomic E-state index is 11.9. The van der Waals surface area contributed by atoms with Gasteiger partial charge in [0, 0.05) is 11.7 Å². The van der Waals surface area contributed by atoms with Crippen LogP contribution in [0.25, 0.3) is 0 Å². The highest BCUT2D eigenvalue weighted by atomic mass is 32.2. The Balaban J connectivity index is 2.13. The van der Waals surface area contributed by atoms with Gasteiger partial charge in [0.1, 0.15) is 0 Å². The molecule has 7 heteroatoms. The standard InChI is InChI=1S/C11H15N3O3S/c1-7-6-9(4-5-10(7)12)18(16,17)14-11(15)13-8-2-3-8/h4-6,8H,2-3,12H2,1H3,(H2,13,14,15). The van der Waals surface area contributed by atoms with E-state index in [0.29, 0.717) is 11.3 Å². The van der Waals surface area contributed by atoms with Gasteiger partial charge in [-0.15, -0.1) is 0 Å². The predicted octanol–water partition coefficient (Wildman–Crippen LogP) is 0.728. The third kappa shape index (κ3) is 2.92. The van der Waals surface area contributed by atoms with Gasteiger partial charge in [-0.2, -0.15) is 0 Å². The molecule has 1 fully saturated rings. The van der Waals surface area contributed by atoms with E-state index in [1.54, 1.807) is 6.92 Å². The van der Waals surface area contributed by atoms with Gasteiger partial charge in [-0.1, -0.05) is 0 Å². The van der Waals surface area contributed by atoms with Gasteiger partial charge in [0.05, 0.1) is 4.90 Å². The van der Waals surface area contributed by atoms with Crippen LogP contribution >= 0.6 is 0 Å². The summed E-state index contributed by atoms with van der Waals surface area (Å²) in [7, 11) is -3.83. The minimum Gasteiger partial charge on any atom is -0.399 e. The van der Waals surface area contributed by atoms with E-state index < -0.39 is 16.1 Å². The fourth-order valence-electron chi connectivity index (χ4n) is 1.44. The Labute approximate surface area is 106 Å². The third-order valence-corrected chi connectivity index (χ3v) is 4.02. The maximum Gasteiger partial charge on any atom is 0.328 e. The second-order valence-electron chi connectivity index (χ2n) is 4.37. The van der Waals surface area contributed by atoms with Gasteiger partial charge in [-0.05, 0) is 43.5 Å². The van der Waals surface area contributed by atoms with E-state index in [9.17, 15) is 13.2 Å². The first-order valence-electron chi connectivity index (χ1n) is 5.58. The van der Waals surface area contributed by atoms with Crippen molar-refractivity contribution in [3.05, 3.63) is 23.8 Å². The number of nitrogens with one attached hydrogen (secondary N) is 2. The third-order valence-electron chi connectivity index (χ3n) is 2.69. The number of amides is 2. The molecule has 98 valence electrons. The molecule has 0 radical (unpaired) electrons.